The van der Waals surface area contributed by atoms with Gasteiger partial charge in [0.15, 0.2) is 23.3 Å². The lowest BCUT2D eigenvalue weighted by atomic mass is 10.3. The molecule has 3 rings (SSSR count). The fraction of sp³-hybridized carbons (Fsp3) is 0.312. The van der Waals surface area contributed by atoms with E-state index in [0.29, 0.717) is 23.2 Å². The zero-order valence-electron chi connectivity index (χ0n) is 14.4. The van der Waals surface area contributed by atoms with E-state index >= 15 is 0 Å². The number of ether oxygens (including phenoxy) is 2. The summed E-state index contributed by atoms with van der Waals surface area (Å²) in [7, 11) is 0. The standard InChI is InChI=1S/C16H17N5O5S/c1-2-25-14(24)5-9-8-27-16(18-9)20-12(22)6-21-13(23)7-26-10-3-4-11(17)19-15(10)21/h3-4,8H,2,5-7H2,1H3,(H2,17,19)(H,18,20,22). The van der Waals surface area contributed by atoms with Crippen molar-refractivity contribution in [3.8, 4) is 5.75 Å². The van der Waals surface area contributed by atoms with Crippen LogP contribution in [0.3, 0.4) is 0 Å². The molecule has 142 valence electrons. The third-order valence-corrected chi connectivity index (χ3v) is 4.31. The van der Waals surface area contributed by atoms with Crippen LogP contribution >= 0.6 is 11.3 Å². The van der Waals surface area contributed by atoms with E-state index in [1.165, 1.54) is 16.2 Å². The van der Waals surface area contributed by atoms with Crippen LogP contribution < -0.4 is 20.7 Å². The van der Waals surface area contributed by atoms with Gasteiger partial charge >= 0.3 is 5.97 Å². The van der Waals surface area contributed by atoms with Crippen molar-refractivity contribution in [2.75, 3.05) is 35.7 Å². The van der Waals surface area contributed by atoms with Crippen LogP contribution in [0.15, 0.2) is 17.5 Å². The number of anilines is 3. The lowest BCUT2D eigenvalue weighted by Gasteiger charge is -2.27. The van der Waals surface area contributed by atoms with Gasteiger partial charge in [-0.15, -0.1) is 11.3 Å². The van der Waals surface area contributed by atoms with Crippen LogP contribution in [0.5, 0.6) is 5.75 Å². The van der Waals surface area contributed by atoms with Crippen molar-refractivity contribution in [3.63, 3.8) is 0 Å². The molecular formula is C16H17N5O5S. The maximum Gasteiger partial charge on any atom is 0.311 e. The number of carbonyl (C=O) groups excluding carboxylic acids is 3. The summed E-state index contributed by atoms with van der Waals surface area (Å²) in [5.41, 5.74) is 6.15. The largest absolute Gasteiger partial charge is 0.480 e. The zero-order chi connectivity index (χ0) is 19.4. The number of hydrogen-bond acceptors (Lipinski definition) is 9. The van der Waals surface area contributed by atoms with Gasteiger partial charge in [0.05, 0.1) is 18.7 Å². The van der Waals surface area contributed by atoms with Gasteiger partial charge in [-0.05, 0) is 19.1 Å². The normalized spacial score (nSPS) is 12.9. The Morgan fingerprint density at radius 1 is 1.41 bits per heavy atom. The second-order valence-electron chi connectivity index (χ2n) is 5.50. The Morgan fingerprint density at radius 2 is 2.22 bits per heavy atom. The van der Waals surface area contributed by atoms with Gasteiger partial charge in [-0.25, -0.2) is 9.97 Å². The fourth-order valence-electron chi connectivity index (χ4n) is 2.36. The first kappa shape index (κ1) is 18.6. The molecule has 3 N–H and O–H groups in total. The molecular weight excluding hydrogens is 374 g/mol. The summed E-state index contributed by atoms with van der Waals surface area (Å²) in [6.07, 6.45) is 0.0265. The summed E-state index contributed by atoms with van der Waals surface area (Å²) >= 11 is 1.17. The lowest BCUT2D eigenvalue weighted by molar-refractivity contribution is -0.142. The molecule has 1 aliphatic rings. The van der Waals surface area contributed by atoms with Gasteiger partial charge in [-0.1, -0.05) is 0 Å². The Balaban J connectivity index is 1.65. The van der Waals surface area contributed by atoms with Crippen LogP contribution in [-0.4, -0.2) is 47.5 Å². The monoisotopic (exact) mass is 391 g/mol. The minimum Gasteiger partial charge on any atom is -0.480 e. The van der Waals surface area contributed by atoms with E-state index < -0.39 is 11.8 Å². The molecule has 11 heteroatoms. The number of nitrogens with two attached hydrogens (primary N) is 1. The van der Waals surface area contributed by atoms with Crippen molar-refractivity contribution in [1.29, 1.82) is 0 Å². The first-order valence-electron chi connectivity index (χ1n) is 8.06. The van der Waals surface area contributed by atoms with Crippen LogP contribution in [0.1, 0.15) is 12.6 Å². The second kappa shape index (κ2) is 7.99. The maximum atomic E-state index is 12.3. The zero-order valence-corrected chi connectivity index (χ0v) is 15.2. The molecule has 0 atom stereocenters. The summed E-state index contributed by atoms with van der Waals surface area (Å²) in [4.78, 5) is 45.4. The van der Waals surface area contributed by atoms with Crippen molar-refractivity contribution in [2.24, 2.45) is 0 Å². The van der Waals surface area contributed by atoms with E-state index in [1.807, 2.05) is 0 Å². The van der Waals surface area contributed by atoms with Crippen molar-refractivity contribution >= 4 is 45.9 Å². The van der Waals surface area contributed by atoms with Gasteiger partial charge in [0.2, 0.25) is 5.91 Å². The molecule has 0 aliphatic carbocycles. The molecule has 3 heterocycles. The molecule has 2 aromatic heterocycles. The Hall–Kier alpha value is -3.21. The average Bonchev–Trinajstić information content (AvgIpc) is 3.04. The first-order valence-corrected chi connectivity index (χ1v) is 8.93. The molecule has 1 aliphatic heterocycles. The molecule has 27 heavy (non-hydrogen) atoms. The van der Waals surface area contributed by atoms with E-state index in [0.717, 1.165) is 0 Å². The quantitative estimate of drug-likeness (QED) is 0.683. The second-order valence-corrected chi connectivity index (χ2v) is 6.36. The predicted octanol–water partition coefficient (Wildman–Crippen LogP) is 0.590. The first-order chi connectivity index (χ1) is 13.0. The SMILES string of the molecule is CCOC(=O)Cc1csc(NC(=O)CN2C(=O)COc3ccc(N)nc32)n1. The van der Waals surface area contributed by atoms with E-state index in [4.69, 9.17) is 15.2 Å². The molecule has 0 aromatic carbocycles. The third-order valence-electron chi connectivity index (χ3n) is 3.50. The number of esters is 1. The summed E-state index contributed by atoms with van der Waals surface area (Å²) in [6.45, 7) is 1.56. The number of hydrogen-bond donors (Lipinski definition) is 2. The molecule has 10 nitrogen and oxygen atoms in total. The number of rotatable bonds is 6. The number of pyridine rings is 1. The number of fused-ring (bicyclic) bond motifs is 1. The van der Waals surface area contributed by atoms with Crippen molar-refractivity contribution in [1.82, 2.24) is 9.97 Å². The van der Waals surface area contributed by atoms with Gasteiger partial charge in [0, 0.05) is 5.38 Å². The van der Waals surface area contributed by atoms with Crippen molar-refractivity contribution in [3.05, 3.63) is 23.2 Å². The van der Waals surface area contributed by atoms with Gasteiger partial charge in [-0.3, -0.25) is 19.3 Å². The fourth-order valence-corrected chi connectivity index (χ4v) is 3.09. The number of thiazole rings is 1. The molecule has 0 saturated heterocycles. The topological polar surface area (TPSA) is 137 Å². The number of aromatic nitrogens is 2. The van der Waals surface area contributed by atoms with Crippen LogP contribution in [0.25, 0.3) is 0 Å². The smallest absolute Gasteiger partial charge is 0.311 e. The molecule has 0 bridgehead atoms. The van der Waals surface area contributed by atoms with E-state index in [2.05, 4.69) is 15.3 Å². The Labute approximate surface area is 158 Å². The molecule has 0 radical (unpaired) electrons. The molecule has 0 spiro atoms. The van der Waals surface area contributed by atoms with Crippen LogP contribution in [-0.2, 0) is 25.5 Å². The maximum absolute atomic E-state index is 12.3. The van der Waals surface area contributed by atoms with Gasteiger partial charge in [0.1, 0.15) is 12.4 Å². The van der Waals surface area contributed by atoms with Crippen molar-refractivity contribution in [2.45, 2.75) is 13.3 Å². The number of nitrogens with one attached hydrogen (secondary N) is 1. The van der Waals surface area contributed by atoms with E-state index in [9.17, 15) is 14.4 Å². The summed E-state index contributed by atoms with van der Waals surface area (Å²) in [5, 5.41) is 4.58. The Bertz CT molecular complexity index is 884. The summed E-state index contributed by atoms with van der Waals surface area (Å²) < 4.78 is 10.1. The highest BCUT2D eigenvalue weighted by atomic mass is 32.1. The highest BCUT2D eigenvalue weighted by molar-refractivity contribution is 7.13. The third kappa shape index (κ3) is 4.50. The molecule has 2 amide bonds. The van der Waals surface area contributed by atoms with Gasteiger partial charge in [0.25, 0.3) is 5.91 Å². The van der Waals surface area contributed by atoms with Crippen LogP contribution in [0.4, 0.5) is 16.8 Å². The van der Waals surface area contributed by atoms with E-state index in [1.54, 1.807) is 24.4 Å². The number of nitrogen functional groups attached to an aromatic ring is 1. The minimum atomic E-state index is -0.461. The Kier molecular flexibility index (Phi) is 5.50. The number of carbonyl (C=O) groups is 3. The highest BCUT2D eigenvalue weighted by Gasteiger charge is 2.29. The molecule has 0 saturated carbocycles. The summed E-state index contributed by atoms with van der Waals surface area (Å²) in [5.74, 6) is -0.470. The van der Waals surface area contributed by atoms with Crippen LogP contribution in [0.2, 0.25) is 0 Å². The molecule has 0 unspecified atom stereocenters. The summed E-state index contributed by atoms with van der Waals surface area (Å²) in [6, 6.07) is 3.14. The number of amides is 2. The lowest BCUT2D eigenvalue weighted by Crippen LogP contribution is -2.44. The highest BCUT2D eigenvalue weighted by Crippen LogP contribution is 2.30. The predicted molar refractivity (Wildman–Crippen MR) is 97.6 cm³/mol. The molecule has 2 aromatic rings. The van der Waals surface area contributed by atoms with Gasteiger partial charge in [-0.2, -0.15) is 0 Å². The Morgan fingerprint density at radius 3 is 3.00 bits per heavy atom. The van der Waals surface area contributed by atoms with Crippen molar-refractivity contribution < 1.29 is 23.9 Å². The average molecular weight is 391 g/mol. The molecule has 0 fully saturated rings. The van der Waals surface area contributed by atoms with Gasteiger partial charge < -0.3 is 20.5 Å². The van der Waals surface area contributed by atoms with Crippen LogP contribution in [0, 0.1) is 0 Å². The minimum absolute atomic E-state index is 0.0265. The number of nitrogens with zero attached hydrogens (tertiary/aromatic N) is 3. The van der Waals surface area contributed by atoms with E-state index in [-0.39, 0.29) is 37.2 Å².